The van der Waals surface area contributed by atoms with Gasteiger partial charge in [-0.05, 0) is 6.42 Å². The van der Waals surface area contributed by atoms with Crippen LogP contribution < -0.4 is 5.32 Å². The fraction of sp³-hybridized carbons (Fsp3) is 0.625. The van der Waals surface area contributed by atoms with Crippen LogP contribution in [0.3, 0.4) is 0 Å². The largest absolute Gasteiger partial charge is 0.474 e. The number of nitro groups is 1. The van der Waals surface area contributed by atoms with Crippen LogP contribution in [0.5, 0.6) is 0 Å². The molecule has 1 heterocycles. The zero-order chi connectivity index (χ0) is 12.0. The van der Waals surface area contributed by atoms with Gasteiger partial charge in [0.1, 0.15) is 6.61 Å². The van der Waals surface area contributed by atoms with Crippen LogP contribution in [0, 0.1) is 10.1 Å². The van der Waals surface area contributed by atoms with Crippen LogP contribution in [0.15, 0.2) is 11.6 Å². The second-order valence-electron chi connectivity index (χ2n) is 2.92. The topological polar surface area (TPSA) is 90.7 Å². The van der Waals surface area contributed by atoms with Gasteiger partial charge in [-0.3, -0.25) is 10.1 Å². The minimum atomic E-state index is -1.01. The Bertz CT molecular complexity index is 315. The summed E-state index contributed by atoms with van der Waals surface area (Å²) >= 11 is 3.83. The molecule has 0 saturated carbocycles. The summed E-state index contributed by atoms with van der Waals surface area (Å²) in [5.41, 5.74) is -0.693. The van der Waals surface area contributed by atoms with Gasteiger partial charge in [-0.15, -0.1) is 24.0 Å². The molecule has 0 radical (unpaired) electrons. The Morgan fingerprint density at radius 1 is 1.65 bits per heavy atom. The predicted molar refractivity (Wildman–Crippen MR) is 72.8 cm³/mol. The Labute approximate surface area is 120 Å². The molecule has 0 amide bonds. The number of carbonyl (C=O) groups excluding carboxylic acids is 1. The number of hydrogen-bond acceptors (Lipinski definition) is 7. The smallest absolute Gasteiger partial charge is 0.415 e. The van der Waals surface area contributed by atoms with Gasteiger partial charge in [-0.1, -0.05) is 0 Å². The van der Waals surface area contributed by atoms with E-state index in [1.807, 2.05) is 0 Å². The van der Waals surface area contributed by atoms with Gasteiger partial charge in [0.15, 0.2) is 0 Å². The summed E-state index contributed by atoms with van der Waals surface area (Å²) in [6, 6.07) is 0. The molecular weight excluding hydrogens is 363 g/mol. The first-order valence-corrected chi connectivity index (χ1v) is 5.33. The van der Waals surface area contributed by atoms with Crippen LogP contribution in [0.1, 0.15) is 6.42 Å². The van der Waals surface area contributed by atoms with Gasteiger partial charge in [0.05, 0.1) is 11.5 Å². The first-order valence-electron chi connectivity index (χ1n) is 4.70. The van der Waals surface area contributed by atoms with Crippen molar-refractivity contribution in [3.8, 4) is 0 Å². The summed E-state index contributed by atoms with van der Waals surface area (Å²) < 4.78 is 9.64. The SMILES string of the molecule is I.O=C(OCCS)/C(=C1/NCCCO1)[N+](=O)[O-]. The van der Waals surface area contributed by atoms with Crippen LogP contribution in [0.25, 0.3) is 0 Å². The Balaban J connectivity index is 0.00000256. The second-order valence-corrected chi connectivity index (χ2v) is 3.37. The molecule has 1 saturated heterocycles. The average molecular weight is 376 g/mol. The summed E-state index contributed by atoms with van der Waals surface area (Å²) in [5.74, 6) is -0.829. The van der Waals surface area contributed by atoms with Crippen molar-refractivity contribution in [2.75, 3.05) is 25.5 Å². The molecule has 0 aromatic rings. The van der Waals surface area contributed by atoms with Crippen molar-refractivity contribution in [2.45, 2.75) is 6.42 Å². The lowest BCUT2D eigenvalue weighted by atomic mass is 10.3. The zero-order valence-electron chi connectivity index (χ0n) is 8.88. The van der Waals surface area contributed by atoms with Gasteiger partial charge in [-0.2, -0.15) is 12.6 Å². The molecule has 0 spiro atoms. The van der Waals surface area contributed by atoms with Crippen molar-refractivity contribution in [1.29, 1.82) is 0 Å². The molecule has 0 aliphatic carbocycles. The molecule has 17 heavy (non-hydrogen) atoms. The summed E-state index contributed by atoms with van der Waals surface area (Å²) in [6.07, 6.45) is 0.736. The summed E-state index contributed by atoms with van der Waals surface area (Å²) in [5, 5.41) is 13.4. The monoisotopic (exact) mass is 376 g/mol. The Morgan fingerprint density at radius 3 is 2.82 bits per heavy atom. The lowest BCUT2D eigenvalue weighted by Gasteiger charge is -2.17. The summed E-state index contributed by atoms with van der Waals surface area (Å²) in [6.45, 7) is 0.901. The minimum absolute atomic E-state index is 0. The van der Waals surface area contributed by atoms with Crippen LogP contribution in [0.4, 0.5) is 0 Å². The number of nitrogens with zero attached hydrogens (tertiary/aromatic N) is 1. The molecule has 0 aromatic carbocycles. The van der Waals surface area contributed by atoms with E-state index < -0.39 is 16.6 Å². The van der Waals surface area contributed by atoms with Crippen molar-refractivity contribution in [2.24, 2.45) is 0 Å². The van der Waals surface area contributed by atoms with Crippen molar-refractivity contribution in [3.05, 3.63) is 21.7 Å². The van der Waals surface area contributed by atoms with E-state index in [2.05, 4.69) is 22.7 Å². The third-order valence-corrected chi connectivity index (χ3v) is 1.95. The van der Waals surface area contributed by atoms with Gasteiger partial charge >= 0.3 is 11.7 Å². The highest BCUT2D eigenvalue weighted by Gasteiger charge is 2.32. The lowest BCUT2D eigenvalue weighted by Crippen LogP contribution is -2.30. The molecule has 1 aliphatic heterocycles. The lowest BCUT2D eigenvalue weighted by molar-refractivity contribution is -0.425. The van der Waals surface area contributed by atoms with E-state index in [4.69, 9.17) is 4.74 Å². The highest BCUT2D eigenvalue weighted by molar-refractivity contribution is 14.0. The summed E-state index contributed by atoms with van der Waals surface area (Å²) in [7, 11) is 0. The average Bonchev–Trinajstić information content (AvgIpc) is 2.27. The number of ether oxygens (including phenoxy) is 2. The predicted octanol–water partition coefficient (Wildman–Crippen LogP) is 0.533. The molecule has 1 N–H and O–H groups in total. The third-order valence-electron chi connectivity index (χ3n) is 1.77. The quantitative estimate of drug-likeness (QED) is 0.186. The fourth-order valence-electron chi connectivity index (χ4n) is 1.11. The van der Waals surface area contributed by atoms with E-state index in [-0.39, 0.29) is 36.5 Å². The highest BCUT2D eigenvalue weighted by atomic mass is 127. The maximum Gasteiger partial charge on any atom is 0.415 e. The van der Waals surface area contributed by atoms with Crippen LogP contribution in [-0.2, 0) is 14.3 Å². The molecule has 0 bridgehead atoms. The maximum absolute atomic E-state index is 11.4. The number of thiol groups is 1. The van der Waals surface area contributed by atoms with Gasteiger partial charge < -0.3 is 14.8 Å². The van der Waals surface area contributed by atoms with Crippen LogP contribution >= 0.6 is 36.6 Å². The molecule has 1 aliphatic rings. The van der Waals surface area contributed by atoms with Crippen LogP contribution in [0.2, 0.25) is 0 Å². The molecule has 0 aromatic heterocycles. The molecule has 0 unspecified atom stereocenters. The van der Waals surface area contributed by atoms with E-state index in [1.165, 1.54) is 0 Å². The number of nitrogens with one attached hydrogen (secondary N) is 1. The summed E-state index contributed by atoms with van der Waals surface area (Å²) in [4.78, 5) is 21.3. The minimum Gasteiger partial charge on any atom is -0.474 e. The third kappa shape index (κ3) is 4.98. The van der Waals surface area contributed by atoms with E-state index in [9.17, 15) is 14.9 Å². The number of carbonyl (C=O) groups is 1. The van der Waals surface area contributed by atoms with Crippen molar-refractivity contribution < 1.29 is 19.2 Å². The Hall–Kier alpha value is -0.710. The molecule has 7 nitrogen and oxygen atoms in total. The highest BCUT2D eigenvalue weighted by Crippen LogP contribution is 2.10. The van der Waals surface area contributed by atoms with E-state index in [0.29, 0.717) is 18.9 Å². The van der Waals surface area contributed by atoms with Gasteiger partial charge in [0.25, 0.3) is 5.88 Å². The van der Waals surface area contributed by atoms with Crippen LogP contribution in [-0.4, -0.2) is 36.4 Å². The number of esters is 1. The number of hydrogen-bond donors (Lipinski definition) is 2. The Kier molecular flexibility index (Phi) is 8.04. The zero-order valence-corrected chi connectivity index (χ0v) is 12.1. The maximum atomic E-state index is 11.4. The van der Waals surface area contributed by atoms with Crippen molar-refractivity contribution in [3.63, 3.8) is 0 Å². The number of halogens is 1. The van der Waals surface area contributed by atoms with Crippen molar-refractivity contribution >= 4 is 42.6 Å². The molecule has 1 fully saturated rings. The first kappa shape index (κ1) is 16.3. The van der Waals surface area contributed by atoms with E-state index in [1.54, 1.807) is 0 Å². The fourth-order valence-corrected chi connectivity index (χ4v) is 1.20. The van der Waals surface area contributed by atoms with Gasteiger partial charge in [0, 0.05) is 12.3 Å². The second kappa shape index (κ2) is 8.39. The Morgan fingerprint density at radius 2 is 2.35 bits per heavy atom. The van der Waals surface area contributed by atoms with Crippen molar-refractivity contribution in [1.82, 2.24) is 5.32 Å². The van der Waals surface area contributed by atoms with Gasteiger partial charge in [0.2, 0.25) is 0 Å². The first-order chi connectivity index (χ1) is 7.66. The number of rotatable bonds is 4. The molecule has 1 rings (SSSR count). The molecular formula is C8H13IN2O5S. The van der Waals surface area contributed by atoms with E-state index in [0.717, 1.165) is 6.42 Å². The normalized spacial score (nSPS) is 17.0. The molecule has 98 valence electrons. The molecule has 0 atom stereocenters. The van der Waals surface area contributed by atoms with E-state index >= 15 is 0 Å². The molecule has 9 heteroatoms. The standard InChI is InChI=1S/C8H12N2O5S.HI/c11-8(15-4-5-16)6(10(12)13)7-9-2-1-3-14-7;/h9,16H,1-5H2;1H/b7-6+;. The van der Waals surface area contributed by atoms with Gasteiger partial charge in [-0.25, -0.2) is 4.79 Å².